The Morgan fingerprint density at radius 3 is 2.55 bits per heavy atom. The summed E-state index contributed by atoms with van der Waals surface area (Å²) in [7, 11) is 0. The van der Waals surface area contributed by atoms with Crippen LogP contribution in [0.2, 0.25) is 0 Å². The molecule has 7 heteroatoms. The fraction of sp³-hybridized carbons (Fsp3) is 0.0769. The van der Waals surface area contributed by atoms with Crippen molar-refractivity contribution in [1.29, 1.82) is 0 Å². The quantitative estimate of drug-likeness (QED) is 0.650. The maximum Gasteiger partial charge on any atom is 0.416 e. The first-order valence-corrected chi connectivity index (χ1v) is 6.41. The van der Waals surface area contributed by atoms with Crippen LogP contribution in [0.1, 0.15) is 20.8 Å². The minimum Gasteiger partial charge on any atom is -0.286 e. The number of nitrogens with two attached hydrogens (primary N) is 1. The predicted octanol–water partition coefficient (Wildman–Crippen LogP) is 1.39. The van der Waals surface area contributed by atoms with Gasteiger partial charge in [-0.3, -0.25) is 5.73 Å². The van der Waals surface area contributed by atoms with E-state index < -0.39 is 17.6 Å². The van der Waals surface area contributed by atoms with E-state index in [0.29, 0.717) is 4.88 Å². The van der Waals surface area contributed by atoms with E-state index in [1.54, 1.807) is 17.5 Å². The summed E-state index contributed by atoms with van der Waals surface area (Å²) < 4.78 is 37.7. The molecule has 1 aromatic heterocycles. The number of hydrogen-bond donors (Lipinski definition) is 2. The van der Waals surface area contributed by atoms with E-state index in [1.165, 1.54) is 23.5 Å². The fourth-order valence-electron chi connectivity index (χ4n) is 1.52. The molecule has 0 saturated carbocycles. The van der Waals surface area contributed by atoms with Crippen LogP contribution < -0.4 is 10.7 Å². The van der Waals surface area contributed by atoms with Crippen LogP contribution in [0, 0.1) is 0 Å². The minimum absolute atomic E-state index is 0.0978. The van der Waals surface area contributed by atoms with Gasteiger partial charge in [0.05, 0.1) is 11.1 Å². The molecule has 1 amide bonds. The zero-order valence-corrected chi connectivity index (χ0v) is 10.9. The number of amides is 1. The molecule has 3 N–H and O–H groups in total. The number of carbonyl (C=O) groups excluding carboxylic acids is 1. The lowest BCUT2D eigenvalue weighted by molar-refractivity contribution is -0.345. The van der Waals surface area contributed by atoms with Gasteiger partial charge in [-0.05, 0) is 29.6 Å². The first-order valence-electron chi connectivity index (χ1n) is 5.53. The molecule has 0 saturated heterocycles. The van der Waals surface area contributed by atoms with Crippen LogP contribution in [-0.4, -0.2) is 11.7 Å². The van der Waals surface area contributed by atoms with Gasteiger partial charge < -0.3 is 0 Å². The Kier molecular flexibility index (Phi) is 3.89. The highest BCUT2D eigenvalue weighted by molar-refractivity contribution is 7.12. The van der Waals surface area contributed by atoms with Crippen LogP contribution in [0.3, 0.4) is 0 Å². The van der Waals surface area contributed by atoms with E-state index in [1.807, 2.05) is 0 Å². The largest absolute Gasteiger partial charge is 0.416 e. The highest BCUT2D eigenvalue weighted by Gasteiger charge is 2.31. The average molecular weight is 299 g/mol. The van der Waals surface area contributed by atoms with Gasteiger partial charge in [0.2, 0.25) is 0 Å². The number of halogens is 3. The molecule has 0 radical (unpaired) electrons. The first-order chi connectivity index (χ1) is 9.38. The number of nitrogens with one attached hydrogen (secondary N) is 1. The first kappa shape index (κ1) is 14.3. The number of hydrogen-bond acceptors (Lipinski definition) is 2. The predicted molar refractivity (Wildman–Crippen MR) is 69.4 cm³/mol. The fourth-order valence-corrected chi connectivity index (χ4v) is 2.16. The second-order valence-electron chi connectivity index (χ2n) is 3.92. The van der Waals surface area contributed by atoms with Crippen molar-refractivity contribution in [3.8, 4) is 0 Å². The lowest BCUT2D eigenvalue weighted by Crippen LogP contribution is -2.79. The molecule has 0 atom stereocenters. The zero-order chi connectivity index (χ0) is 14.8. The average Bonchev–Trinajstić information content (AvgIpc) is 2.91. The Balaban J connectivity index is 2.28. The molecule has 2 rings (SSSR count). The Labute approximate surface area is 116 Å². The number of carbonyl (C=O) groups is 1. The van der Waals surface area contributed by atoms with Crippen molar-refractivity contribution in [2.45, 2.75) is 6.18 Å². The number of nitrogen functional groups attached to an aromatic ring is 1. The summed E-state index contributed by atoms with van der Waals surface area (Å²) in [5, 5.41) is 1.78. The van der Waals surface area contributed by atoms with E-state index in [9.17, 15) is 18.0 Å². The standard InChI is InChI=1S/C13H9F3N2OS/c14-13(15,16)9-4-1-3-8(7-9)12(19)18-11(17)10-5-2-6-20-10/h1-7H,(H2,17,18,19)/p+1. The Morgan fingerprint density at radius 1 is 1.20 bits per heavy atom. The molecule has 0 spiro atoms. The van der Waals surface area contributed by atoms with E-state index in [0.717, 1.165) is 12.1 Å². The van der Waals surface area contributed by atoms with Gasteiger partial charge in [0.15, 0.2) is 0 Å². The summed E-state index contributed by atoms with van der Waals surface area (Å²) in [5.41, 5.74) is 4.70. The highest BCUT2D eigenvalue weighted by Crippen LogP contribution is 2.29. The zero-order valence-electron chi connectivity index (χ0n) is 10.1. The van der Waals surface area contributed by atoms with Crippen LogP contribution >= 0.6 is 11.3 Å². The van der Waals surface area contributed by atoms with Gasteiger partial charge in [0.1, 0.15) is 4.88 Å². The molecule has 1 heterocycles. The van der Waals surface area contributed by atoms with Crippen LogP contribution in [0.5, 0.6) is 0 Å². The van der Waals surface area contributed by atoms with Crippen molar-refractivity contribution in [3.05, 3.63) is 57.8 Å². The number of alkyl halides is 3. The van der Waals surface area contributed by atoms with Crippen molar-refractivity contribution in [2.24, 2.45) is 5.73 Å². The summed E-state index contributed by atoms with van der Waals surface area (Å²) in [5.74, 6) is -0.565. The van der Waals surface area contributed by atoms with E-state index in [-0.39, 0.29) is 11.4 Å². The maximum atomic E-state index is 12.6. The van der Waals surface area contributed by atoms with Crippen molar-refractivity contribution >= 4 is 23.1 Å². The third kappa shape index (κ3) is 3.24. The van der Waals surface area contributed by atoms with Gasteiger partial charge in [0.25, 0.3) is 5.84 Å². The molecule has 104 valence electrons. The van der Waals surface area contributed by atoms with E-state index in [2.05, 4.69) is 4.99 Å². The van der Waals surface area contributed by atoms with Crippen LogP contribution in [0.15, 0.2) is 41.8 Å². The molecule has 2 aromatic rings. The smallest absolute Gasteiger partial charge is 0.286 e. The lowest BCUT2D eigenvalue weighted by Gasteiger charge is -2.06. The Morgan fingerprint density at radius 2 is 1.95 bits per heavy atom. The molecular weight excluding hydrogens is 289 g/mol. The summed E-state index contributed by atoms with van der Waals surface area (Å²) in [6.45, 7) is 0. The van der Waals surface area contributed by atoms with Gasteiger partial charge in [-0.2, -0.15) is 13.2 Å². The van der Waals surface area contributed by atoms with Crippen LogP contribution in [-0.2, 0) is 6.18 Å². The molecule has 0 aliphatic rings. The topological polar surface area (TPSA) is 57.1 Å². The molecule has 0 aliphatic carbocycles. The molecule has 0 aliphatic heterocycles. The van der Waals surface area contributed by atoms with Gasteiger partial charge in [0, 0.05) is 0 Å². The van der Waals surface area contributed by atoms with Crippen molar-refractivity contribution in [3.63, 3.8) is 0 Å². The second kappa shape index (κ2) is 5.46. The molecular formula is C13H10F3N2OS+. The number of thiophene rings is 1. The summed E-state index contributed by atoms with van der Waals surface area (Å²) in [6, 6.07) is 7.63. The second-order valence-corrected chi connectivity index (χ2v) is 4.87. The summed E-state index contributed by atoms with van der Waals surface area (Å²) in [4.78, 5) is 14.9. The van der Waals surface area contributed by atoms with E-state index in [4.69, 9.17) is 5.73 Å². The molecule has 0 bridgehead atoms. The Hall–Kier alpha value is -2.15. The molecule has 3 nitrogen and oxygen atoms in total. The van der Waals surface area contributed by atoms with Crippen LogP contribution in [0.25, 0.3) is 0 Å². The lowest BCUT2D eigenvalue weighted by atomic mass is 10.1. The highest BCUT2D eigenvalue weighted by atomic mass is 32.1. The molecule has 0 unspecified atom stereocenters. The molecule has 0 fully saturated rings. The van der Waals surface area contributed by atoms with E-state index >= 15 is 0 Å². The van der Waals surface area contributed by atoms with Crippen molar-refractivity contribution < 1.29 is 23.0 Å². The maximum absolute atomic E-state index is 12.6. The number of amidine groups is 1. The Bertz CT molecular complexity index is 648. The normalized spacial score (nSPS) is 12.4. The monoisotopic (exact) mass is 299 g/mol. The van der Waals surface area contributed by atoms with Crippen molar-refractivity contribution in [1.82, 2.24) is 0 Å². The van der Waals surface area contributed by atoms with Gasteiger partial charge in [-0.25, -0.2) is 9.79 Å². The summed E-state index contributed by atoms with van der Waals surface area (Å²) in [6.07, 6.45) is -4.49. The van der Waals surface area contributed by atoms with Gasteiger partial charge >= 0.3 is 12.1 Å². The number of benzene rings is 1. The summed E-state index contributed by atoms with van der Waals surface area (Å²) >= 11 is 1.32. The van der Waals surface area contributed by atoms with Crippen molar-refractivity contribution in [2.75, 3.05) is 0 Å². The van der Waals surface area contributed by atoms with Crippen LogP contribution in [0.4, 0.5) is 13.2 Å². The van der Waals surface area contributed by atoms with Gasteiger partial charge in [-0.15, -0.1) is 11.3 Å². The molecule has 20 heavy (non-hydrogen) atoms. The minimum atomic E-state index is -4.49. The third-order valence-electron chi connectivity index (χ3n) is 2.49. The third-order valence-corrected chi connectivity index (χ3v) is 3.39. The van der Waals surface area contributed by atoms with Gasteiger partial charge in [-0.1, -0.05) is 12.1 Å². The molecule has 1 aromatic carbocycles. The number of rotatable bonds is 2. The SMILES string of the molecule is NC(=[NH+]C(=O)c1cccc(C(F)(F)F)c1)c1cccs1.